The van der Waals surface area contributed by atoms with E-state index in [1.807, 2.05) is 30.6 Å². The summed E-state index contributed by atoms with van der Waals surface area (Å²) in [5.41, 5.74) is 6.74. The lowest BCUT2D eigenvalue weighted by atomic mass is 9.80. The van der Waals surface area contributed by atoms with Crippen LogP contribution in [-0.4, -0.2) is 55.6 Å². The molecule has 48 heavy (non-hydrogen) atoms. The molecule has 0 fully saturated rings. The standard InChI is InChI=1S/C36H39ClN2O6S3/c1-35(2)27-12-6-7-13-28(27)38(5)30(35)18-14-23-10-8-11-24(33(23)37)15-19-31-36(3,4)32-26-22-25(48(43,44)45)16-17-29(26)46-34(32)39(31)20-9-21-47(40,41)42/h6-7,12-19,22H,8-11,20-21H2,1-5H3,(H-,40,41,42,43,44,45). The lowest BCUT2D eigenvalue weighted by Crippen LogP contribution is -2.28. The monoisotopic (exact) mass is 726 g/mol. The van der Waals surface area contributed by atoms with Crippen molar-refractivity contribution in [1.82, 2.24) is 0 Å². The van der Waals surface area contributed by atoms with Gasteiger partial charge >= 0.3 is 0 Å². The van der Waals surface area contributed by atoms with Crippen molar-refractivity contribution in [2.24, 2.45) is 0 Å². The van der Waals surface area contributed by atoms with Crippen LogP contribution >= 0.6 is 22.9 Å². The van der Waals surface area contributed by atoms with Crippen LogP contribution < -0.4 is 4.90 Å². The molecule has 1 aromatic heterocycles. The molecule has 1 N–H and O–H groups in total. The van der Waals surface area contributed by atoms with Crippen LogP contribution in [0.2, 0.25) is 0 Å². The topological polar surface area (TPSA) is 118 Å². The molecular weight excluding hydrogens is 688 g/mol. The fourth-order valence-corrected chi connectivity index (χ4v) is 10.1. The molecular formula is C36H39ClN2O6S3. The van der Waals surface area contributed by atoms with Gasteiger partial charge in [-0.3, -0.25) is 4.55 Å². The quantitative estimate of drug-likeness (QED) is 0.185. The third-order valence-electron chi connectivity index (χ3n) is 9.80. The van der Waals surface area contributed by atoms with E-state index in [1.165, 1.54) is 40.4 Å². The minimum absolute atomic E-state index is 0.128. The molecule has 3 heterocycles. The van der Waals surface area contributed by atoms with Crippen molar-refractivity contribution in [3.05, 3.63) is 99.8 Å². The Morgan fingerprint density at radius 3 is 2.44 bits per heavy atom. The molecule has 254 valence electrons. The zero-order valence-electron chi connectivity index (χ0n) is 27.6. The minimum Gasteiger partial charge on any atom is -0.748 e. The normalized spacial score (nSPS) is 21.0. The lowest BCUT2D eigenvalue weighted by Gasteiger charge is -2.24. The molecule has 0 saturated carbocycles. The van der Waals surface area contributed by atoms with Crippen LogP contribution in [0.1, 0.15) is 64.5 Å². The molecule has 0 amide bonds. The predicted molar refractivity (Wildman–Crippen MR) is 194 cm³/mol. The molecule has 2 aliphatic heterocycles. The predicted octanol–water partition coefficient (Wildman–Crippen LogP) is 7.93. The number of hydrogen-bond acceptors (Lipinski definition) is 7. The van der Waals surface area contributed by atoms with Gasteiger partial charge in [-0.15, -0.1) is 0 Å². The van der Waals surface area contributed by atoms with Crippen molar-refractivity contribution >= 4 is 69.7 Å². The molecule has 3 aromatic rings. The summed E-state index contributed by atoms with van der Waals surface area (Å²) in [5.74, 6) is -0.494. The number of fused-ring (bicyclic) bond motifs is 4. The number of anilines is 1. The number of rotatable bonds is 8. The number of allylic oxidation sites excluding steroid dienone is 8. The first-order valence-electron chi connectivity index (χ1n) is 15.9. The number of nitrogens with zero attached hydrogens (tertiary/aromatic N) is 2. The van der Waals surface area contributed by atoms with Crippen molar-refractivity contribution in [2.75, 3.05) is 24.2 Å². The Bertz CT molecular complexity index is 2220. The smallest absolute Gasteiger partial charge is 0.294 e. The van der Waals surface area contributed by atoms with Crippen LogP contribution in [0.5, 0.6) is 0 Å². The first-order valence-corrected chi connectivity index (χ1v) is 20.1. The Kier molecular flexibility index (Phi) is 8.96. The van der Waals surface area contributed by atoms with Gasteiger partial charge in [0.1, 0.15) is 0 Å². The highest BCUT2D eigenvalue weighted by Gasteiger charge is 2.47. The van der Waals surface area contributed by atoms with Gasteiger partial charge in [-0.05, 0) is 80.2 Å². The highest BCUT2D eigenvalue weighted by Crippen LogP contribution is 2.51. The van der Waals surface area contributed by atoms with Gasteiger partial charge in [0.15, 0.2) is 12.3 Å². The summed E-state index contributed by atoms with van der Waals surface area (Å²) in [5, 5.41) is 2.27. The molecule has 0 bridgehead atoms. The Morgan fingerprint density at radius 2 is 1.75 bits per heavy atom. The molecule has 3 aliphatic rings. The lowest BCUT2D eigenvalue weighted by molar-refractivity contribution is -0.433. The fraction of sp³-hybridized carbons (Fsp3) is 0.361. The van der Waals surface area contributed by atoms with E-state index in [1.54, 1.807) is 6.07 Å². The maximum absolute atomic E-state index is 12.0. The van der Waals surface area contributed by atoms with Gasteiger partial charge < -0.3 is 9.45 Å². The van der Waals surface area contributed by atoms with Crippen LogP contribution in [0.25, 0.3) is 10.1 Å². The maximum Gasteiger partial charge on any atom is 0.294 e. The third kappa shape index (κ3) is 6.25. The number of halogens is 1. The number of para-hydroxylation sites is 1. The van der Waals surface area contributed by atoms with Crippen molar-refractivity contribution in [2.45, 2.75) is 69.1 Å². The molecule has 0 atom stereocenters. The summed E-state index contributed by atoms with van der Waals surface area (Å²) < 4.78 is 71.0. The molecule has 0 radical (unpaired) electrons. The van der Waals surface area contributed by atoms with Crippen LogP contribution in [0.4, 0.5) is 10.7 Å². The number of benzene rings is 2. The Balaban J connectivity index is 1.39. The van der Waals surface area contributed by atoms with Crippen LogP contribution in [0.15, 0.2) is 93.5 Å². The highest BCUT2D eigenvalue weighted by molar-refractivity contribution is 7.86. The molecule has 0 unspecified atom stereocenters. The third-order valence-corrected chi connectivity index (χ3v) is 13.1. The molecule has 8 nitrogen and oxygen atoms in total. The Morgan fingerprint density at radius 1 is 1.02 bits per heavy atom. The van der Waals surface area contributed by atoms with Crippen molar-refractivity contribution in [3.8, 4) is 0 Å². The van der Waals surface area contributed by atoms with E-state index in [9.17, 15) is 25.9 Å². The summed E-state index contributed by atoms with van der Waals surface area (Å²) in [7, 11) is -6.73. The van der Waals surface area contributed by atoms with Gasteiger partial charge in [-0.1, -0.05) is 67.1 Å². The summed E-state index contributed by atoms with van der Waals surface area (Å²) in [4.78, 5) is 2.05. The first-order chi connectivity index (χ1) is 22.4. The number of thiophene rings is 1. The van der Waals surface area contributed by atoms with E-state index in [-0.39, 0.29) is 23.3 Å². The summed E-state index contributed by atoms with van der Waals surface area (Å²) in [6, 6.07) is 13.0. The highest BCUT2D eigenvalue weighted by atomic mass is 35.5. The minimum atomic E-state index is -4.42. The molecule has 1 aliphatic carbocycles. The second kappa shape index (κ2) is 12.4. The average Bonchev–Trinajstić information content (AvgIpc) is 3.55. The fourth-order valence-electron chi connectivity index (χ4n) is 7.38. The van der Waals surface area contributed by atoms with Gasteiger partial charge in [-0.25, -0.2) is 8.42 Å². The zero-order chi connectivity index (χ0) is 34.8. The summed E-state index contributed by atoms with van der Waals surface area (Å²) >= 11 is 8.54. The molecule has 6 rings (SSSR count). The molecule has 0 spiro atoms. The summed E-state index contributed by atoms with van der Waals surface area (Å²) in [6.07, 6.45) is 11.1. The van der Waals surface area contributed by atoms with Gasteiger partial charge in [0.05, 0.1) is 26.0 Å². The Hall–Kier alpha value is -3.06. The van der Waals surface area contributed by atoms with Gasteiger partial charge in [-0.2, -0.15) is 13.0 Å². The number of likely N-dealkylation sites (N-methyl/N-ethyl adjacent to an activating group) is 1. The largest absolute Gasteiger partial charge is 0.748 e. The van der Waals surface area contributed by atoms with E-state index in [4.69, 9.17) is 11.6 Å². The SMILES string of the molecule is CN1/C(=C/C=C2\CCCC(/C=C/C3=[N+](CCCS(=O)(=O)[O-])c4sc5ccc(S(=O)(=O)O)cc5c4C3(C)C)=C2Cl)C(C)(C)c2ccccc21. The van der Waals surface area contributed by atoms with Crippen LogP contribution in [0, 0.1) is 0 Å². The van der Waals surface area contributed by atoms with Gasteiger partial charge in [0.2, 0.25) is 0 Å². The van der Waals surface area contributed by atoms with Crippen molar-refractivity contribution < 1.29 is 30.5 Å². The van der Waals surface area contributed by atoms with E-state index >= 15 is 0 Å². The van der Waals surface area contributed by atoms with E-state index in [0.717, 1.165) is 51.4 Å². The van der Waals surface area contributed by atoms with E-state index in [2.05, 4.69) is 62.2 Å². The first kappa shape index (κ1) is 34.8. The molecule has 0 saturated heterocycles. The Labute approximate surface area is 291 Å². The van der Waals surface area contributed by atoms with Crippen LogP contribution in [-0.2, 0) is 31.1 Å². The van der Waals surface area contributed by atoms with E-state index in [0.29, 0.717) is 10.4 Å². The maximum atomic E-state index is 12.0. The van der Waals surface area contributed by atoms with Crippen molar-refractivity contribution in [1.29, 1.82) is 0 Å². The second-order valence-electron chi connectivity index (χ2n) is 13.7. The van der Waals surface area contributed by atoms with Crippen LogP contribution in [0.3, 0.4) is 0 Å². The van der Waals surface area contributed by atoms with Gasteiger partial charge in [0, 0.05) is 57.2 Å². The van der Waals surface area contributed by atoms with E-state index < -0.39 is 31.4 Å². The molecule has 2 aromatic carbocycles. The van der Waals surface area contributed by atoms with Gasteiger partial charge in [0.25, 0.3) is 15.1 Å². The van der Waals surface area contributed by atoms with Crippen molar-refractivity contribution in [3.63, 3.8) is 0 Å². The average molecular weight is 727 g/mol. The summed E-state index contributed by atoms with van der Waals surface area (Å²) in [6.45, 7) is 8.82. The second-order valence-corrected chi connectivity index (χ2v) is 18.0. The zero-order valence-corrected chi connectivity index (χ0v) is 30.8. The number of hydrogen-bond donors (Lipinski definition) is 1. The molecule has 12 heteroatoms.